The van der Waals surface area contributed by atoms with E-state index < -0.39 is 0 Å². The maximum absolute atomic E-state index is 11.8. The first kappa shape index (κ1) is 12.1. The number of H-pyrrole nitrogens is 1. The number of rotatable bonds is 6. The molecule has 5 heteroatoms. The van der Waals surface area contributed by atoms with Crippen molar-refractivity contribution in [2.75, 3.05) is 6.61 Å². The monoisotopic (exact) mass is 237 g/mol. The highest BCUT2D eigenvalue weighted by molar-refractivity contribution is 5.76. The van der Waals surface area contributed by atoms with E-state index in [1.54, 1.807) is 0 Å². The van der Waals surface area contributed by atoms with Crippen molar-refractivity contribution in [3.05, 3.63) is 11.6 Å². The van der Waals surface area contributed by atoms with Gasteiger partial charge in [-0.15, -0.1) is 0 Å². The first-order chi connectivity index (χ1) is 8.26. The van der Waals surface area contributed by atoms with Crippen molar-refractivity contribution in [3.8, 4) is 0 Å². The van der Waals surface area contributed by atoms with Gasteiger partial charge in [-0.3, -0.25) is 9.89 Å². The van der Waals surface area contributed by atoms with Crippen LogP contribution in [-0.4, -0.2) is 27.8 Å². The second-order valence-corrected chi connectivity index (χ2v) is 4.45. The van der Waals surface area contributed by atoms with E-state index in [0.717, 1.165) is 18.7 Å². The molecule has 1 aromatic heterocycles. The third kappa shape index (κ3) is 2.84. The Morgan fingerprint density at radius 1 is 1.53 bits per heavy atom. The molecule has 0 saturated heterocycles. The summed E-state index contributed by atoms with van der Waals surface area (Å²) in [6, 6.07) is 0. The van der Waals surface area contributed by atoms with E-state index in [1.165, 1.54) is 12.8 Å². The predicted octanol–water partition coefficient (Wildman–Crippen LogP) is 2.13. The van der Waals surface area contributed by atoms with Crippen molar-refractivity contribution in [2.24, 2.45) is 0 Å². The Morgan fingerprint density at radius 2 is 2.29 bits per heavy atom. The molecule has 1 aromatic rings. The van der Waals surface area contributed by atoms with Crippen LogP contribution in [0, 0.1) is 0 Å². The molecule has 1 aliphatic rings. The highest BCUT2D eigenvalue weighted by atomic mass is 16.5. The Labute approximate surface area is 101 Å². The summed E-state index contributed by atoms with van der Waals surface area (Å²) in [6.45, 7) is 4.26. The highest BCUT2D eigenvalue weighted by Gasteiger charge is 2.30. The number of nitrogens with one attached hydrogen (secondary N) is 1. The molecule has 0 radical (unpaired) electrons. The van der Waals surface area contributed by atoms with E-state index in [4.69, 9.17) is 4.74 Å². The third-order valence-electron chi connectivity index (χ3n) is 2.94. The standard InChI is InChI=1S/C12H19N3O2/c1-3-5-9(12(16)17-4-2)11-13-10(14-15-11)8-6-7-8/h8-9H,3-7H2,1-2H3,(H,13,14,15). The Hall–Kier alpha value is -1.39. The molecule has 1 atom stereocenters. The molecule has 2 rings (SSSR count). The summed E-state index contributed by atoms with van der Waals surface area (Å²) in [5, 5.41) is 7.10. The number of carbonyl (C=O) groups excluding carboxylic acids is 1. The molecule has 17 heavy (non-hydrogen) atoms. The summed E-state index contributed by atoms with van der Waals surface area (Å²) < 4.78 is 5.06. The fourth-order valence-corrected chi connectivity index (χ4v) is 1.87. The van der Waals surface area contributed by atoms with Crippen LogP contribution < -0.4 is 0 Å². The van der Waals surface area contributed by atoms with Gasteiger partial charge < -0.3 is 4.74 Å². The average molecular weight is 237 g/mol. The van der Waals surface area contributed by atoms with Gasteiger partial charge in [-0.1, -0.05) is 13.3 Å². The summed E-state index contributed by atoms with van der Waals surface area (Å²) in [4.78, 5) is 16.2. The minimum atomic E-state index is -0.316. The molecule has 1 aliphatic carbocycles. The van der Waals surface area contributed by atoms with Crippen molar-refractivity contribution in [1.82, 2.24) is 15.2 Å². The lowest BCUT2D eigenvalue weighted by Crippen LogP contribution is -2.17. The van der Waals surface area contributed by atoms with Gasteiger partial charge in [0, 0.05) is 5.92 Å². The summed E-state index contributed by atoms with van der Waals surface area (Å²) >= 11 is 0. The molecule has 1 N–H and O–H groups in total. The molecule has 1 saturated carbocycles. The Kier molecular flexibility index (Phi) is 3.76. The van der Waals surface area contributed by atoms with Crippen LogP contribution in [0.25, 0.3) is 0 Å². The van der Waals surface area contributed by atoms with Gasteiger partial charge in [-0.25, -0.2) is 4.98 Å². The van der Waals surface area contributed by atoms with Gasteiger partial charge in [0.2, 0.25) is 0 Å². The van der Waals surface area contributed by atoms with E-state index in [0.29, 0.717) is 18.3 Å². The van der Waals surface area contributed by atoms with E-state index >= 15 is 0 Å². The van der Waals surface area contributed by atoms with E-state index in [9.17, 15) is 4.79 Å². The molecule has 0 aliphatic heterocycles. The average Bonchev–Trinajstić information content (AvgIpc) is 3.05. The van der Waals surface area contributed by atoms with Crippen LogP contribution in [-0.2, 0) is 9.53 Å². The van der Waals surface area contributed by atoms with Gasteiger partial charge in [-0.2, -0.15) is 5.10 Å². The van der Waals surface area contributed by atoms with E-state index in [2.05, 4.69) is 15.2 Å². The van der Waals surface area contributed by atoms with Crippen LogP contribution in [0.3, 0.4) is 0 Å². The molecule has 0 aromatic carbocycles. The normalized spacial score (nSPS) is 16.8. The molecule has 1 unspecified atom stereocenters. The third-order valence-corrected chi connectivity index (χ3v) is 2.94. The highest BCUT2D eigenvalue weighted by Crippen LogP contribution is 2.38. The Balaban J connectivity index is 2.09. The topological polar surface area (TPSA) is 67.9 Å². The van der Waals surface area contributed by atoms with Crippen LogP contribution in [0.1, 0.15) is 63.0 Å². The number of aromatic amines is 1. The first-order valence-electron chi connectivity index (χ1n) is 6.35. The lowest BCUT2D eigenvalue weighted by molar-refractivity contribution is -0.145. The molecule has 1 fully saturated rings. The summed E-state index contributed by atoms with van der Waals surface area (Å²) in [5.74, 6) is 1.51. The second-order valence-electron chi connectivity index (χ2n) is 4.45. The number of nitrogens with zero attached hydrogens (tertiary/aromatic N) is 2. The van der Waals surface area contributed by atoms with Crippen LogP contribution in [0.4, 0.5) is 0 Å². The maximum atomic E-state index is 11.8. The molecule has 0 spiro atoms. The number of aromatic nitrogens is 3. The number of hydrogen-bond acceptors (Lipinski definition) is 4. The van der Waals surface area contributed by atoms with Gasteiger partial charge in [0.25, 0.3) is 0 Å². The predicted molar refractivity (Wildman–Crippen MR) is 62.6 cm³/mol. The second kappa shape index (κ2) is 5.29. The number of ether oxygens (including phenoxy) is 1. The Morgan fingerprint density at radius 3 is 2.88 bits per heavy atom. The van der Waals surface area contributed by atoms with Gasteiger partial charge in [0.1, 0.15) is 11.7 Å². The summed E-state index contributed by atoms with van der Waals surface area (Å²) in [7, 11) is 0. The molecule has 1 heterocycles. The molecular weight excluding hydrogens is 218 g/mol. The fourth-order valence-electron chi connectivity index (χ4n) is 1.87. The zero-order valence-corrected chi connectivity index (χ0v) is 10.4. The number of hydrogen-bond donors (Lipinski definition) is 1. The lowest BCUT2D eigenvalue weighted by Gasteiger charge is -2.10. The van der Waals surface area contributed by atoms with E-state index in [-0.39, 0.29) is 11.9 Å². The van der Waals surface area contributed by atoms with Crippen LogP contribution in [0.15, 0.2) is 0 Å². The lowest BCUT2D eigenvalue weighted by atomic mass is 10.0. The van der Waals surface area contributed by atoms with Crippen molar-refractivity contribution in [2.45, 2.75) is 51.4 Å². The fraction of sp³-hybridized carbons (Fsp3) is 0.750. The molecular formula is C12H19N3O2. The minimum Gasteiger partial charge on any atom is -0.465 e. The van der Waals surface area contributed by atoms with E-state index in [1.807, 2.05) is 13.8 Å². The molecule has 0 amide bonds. The quantitative estimate of drug-likeness (QED) is 0.769. The van der Waals surface area contributed by atoms with Crippen LogP contribution in [0.2, 0.25) is 0 Å². The van der Waals surface area contributed by atoms with Crippen LogP contribution in [0.5, 0.6) is 0 Å². The first-order valence-corrected chi connectivity index (χ1v) is 6.35. The summed E-state index contributed by atoms with van der Waals surface area (Å²) in [5.41, 5.74) is 0. The van der Waals surface area contributed by atoms with Gasteiger partial charge in [-0.05, 0) is 26.2 Å². The maximum Gasteiger partial charge on any atom is 0.316 e. The van der Waals surface area contributed by atoms with Crippen molar-refractivity contribution in [1.29, 1.82) is 0 Å². The van der Waals surface area contributed by atoms with Crippen LogP contribution >= 0.6 is 0 Å². The van der Waals surface area contributed by atoms with Gasteiger partial charge in [0.05, 0.1) is 6.61 Å². The number of esters is 1. The molecule has 94 valence electrons. The molecule has 0 bridgehead atoms. The summed E-state index contributed by atoms with van der Waals surface area (Å²) in [6.07, 6.45) is 4.00. The van der Waals surface area contributed by atoms with Gasteiger partial charge >= 0.3 is 5.97 Å². The smallest absolute Gasteiger partial charge is 0.316 e. The van der Waals surface area contributed by atoms with Crippen molar-refractivity contribution in [3.63, 3.8) is 0 Å². The van der Waals surface area contributed by atoms with Crippen molar-refractivity contribution < 1.29 is 9.53 Å². The number of carbonyl (C=O) groups is 1. The SMILES string of the molecule is CCCC(C(=O)OCC)c1n[nH]c(C2CC2)n1. The minimum absolute atomic E-state index is 0.212. The molecule has 5 nitrogen and oxygen atoms in total. The zero-order chi connectivity index (χ0) is 12.3. The van der Waals surface area contributed by atoms with Gasteiger partial charge in [0.15, 0.2) is 5.82 Å². The largest absolute Gasteiger partial charge is 0.465 e. The Bertz CT molecular complexity index is 385. The zero-order valence-electron chi connectivity index (χ0n) is 10.4. The van der Waals surface area contributed by atoms with Crippen molar-refractivity contribution >= 4 is 5.97 Å².